The molecule has 4 aromatic rings. The number of hydrogen-bond acceptors (Lipinski definition) is 5. The Kier molecular flexibility index (Phi) is 7.51. The minimum absolute atomic E-state index is 0.214. The van der Waals surface area contributed by atoms with Crippen molar-refractivity contribution in [3.05, 3.63) is 107 Å². The van der Waals surface area contributed by atoms with Crippen molar-refractivity contribution in [2.75, 3.05) is 13.1 Å². The Morgan fingerprint density at radius 2 is 1.80 bits per heavy atom. The van der Waals surface area contributed by atoms with E-state index in [4.69, 9.17) is 9.84 Å². The number of amidine groups is 1. The number of aromatic nitrogens is 2. The quantitative estimate of drug-likeness (QED) is 0.242. The van der Waals surface area contributed by atoms with E-state index in [1.54, 1.807) is 12.1 Å². The Bertz CT molecular complexity index is 1570. The Hall–Kier alpha value is -4.17. The molecule has 6 rings (SSSR count). The highest BCUT2D eigenvalue weighted by atomic mass is 32.2. The minimum Gasteiger partial charge on any atom is -0.489 e. The van der Waals surface area contributed by atoms with Gasteiger partial charge in [-0.1, -0.05) is 49.4 Å². The second kappa shape index (κ2) is 11.5. The van der Waals surface area contributed by atoms with Gasteiger partial charge in [0.25, 0.3) is 5.91 Å². The number of carbonyl (C=O) groups excluding carboxylic acids is 1. The van der Waals surface area contributed by atoms with Gasteiger partial charge in [0.05, 0.1) is 10.6 Å². The second-order valence-corrected chi connectivity index (χ2v) is 11.1. The van der Waals surface area contributed by atoms with Crippen LogP contribution in [0.4, 0.5) is 4.39 Å². The maximum atomic E-state index is 13.3. The highest BCUT2D eigenvalue weighted by Gasteiger charge is 2.28. The van der Waals surface area contributed by atoms with Gasteiger partial charge in [-0.3, -0.25) is 4.79 Å². The van der Waals surface area contributed by atoms with E-state index in [1.807, 2.05) is 71.6 Å². The molecule has 1 amide bonds. The molecular weight excluding hydrogens is 523 g/mol. The van der Waals surface area contributed by atoms with Crippen LogP contribution in [0.25, 0.3) is 23.0 Å². The summed E-state index contributed by atoms with van der Waals surface area (Å²) in [6.45, 7) is 4.44. The van der Waals surface area contributed by atoms with Gasteiger partial charge in [-0.2, -0.15) is 10.1 Å². The fourth-order valence-corrected chi connectivity index (χ4v) is 5.74. The Balaban J connectivity index is 1.29. The number of hydrogen-bond donors (Lipinski definition) is 0. The summed E-state index contributed by atoms with van der Waals surface area (Å²) in [7, 11) is 0. The van der Waals surface area contributed by atoms with Crippen LogP contribution in [0, 0.1) is 11.7 Å². The first kappa shape index (κ1) is 26.1. The number of likely N-dealkylation sites (tertiary alicyclic amines) is 1. The molecule has 0 saturated carbocycles. The van der Waals surface area contributed by atoms with Crippen LogP contribution in [0.1, 0.15) is 30.9 Å². The summed E-state index contributed by atoms with van der Waals surface area (Å²) in [5.74, 6) is 0.888. The largest absolute Gasteiger partial charge is 0.489 e. The molecule has 0 aliphatic carbocycles. The molecule has 40 heavy (non-hydrogen) atoms. The Morgan fingerprint density at radius 1 is 1.02 bits per heavy atom. The molecule has 1 fully saturated rings. The van der Waals surface area contributed by atoms with Crippen molar-refractivity contribution >= 4 is 28.9 Å². The zero-order valence-corrected chi connectivity index (χ0v) is 23.0. The molecule has 0 spiro atoms. The Morgan fingerprint density at radius 3 is 2.58 bits per heavy atom. The molecule has 202 valence electrons. The predicted octanol–water partition coefficient (Wildman–Crippen LogP) is 6.96. The number of para-hydroxylation sites is 1. The summed E-state index contributed by atoms with van der Waals surface area (Å²) < 4.78 is 21.1. The van der Waals surface area contributed by atoms with Gasteiger partial charge in [0.15, 0.2) is 5.17 Å². The number of benzene rings is 3. The smallest absolute Gasteiger partial charge is 0.286 e. The first-order chi connectivity index (χ1) is 19.5. The van der Waals surface area contributed by atoms with Gasteiger partial charge in [-0.05, 0) is 78.6 Å². The number of rotatable bonds is 6. The average molecular weight is 553 g/mol. The summed E-state index contributed by atoms with van der Waals surface area (Å²) in [5.41, 5.74) is 4.21. The third-order valence-corrected chi connectivity index (χ3v) is 8.18. The number of amides is 1. The number of ether oxygens (including phenoxy) is 1. The first-order valence-corrected chi connectivity index (χ1v) is 14.2. The van der Waals surface area contributed by atoms with Crippen molar-refractivity contribution in [1.29, 1.82) is 0 Å². The number of aliphatic imine (C=N–C) groups is 1. The molecule has 2 aliphatic heterocycles. The van der Waals surface area contributed by atoms with Crippen LogP contribution in [0.2, 0.25) is 0 Å². The van der Waals surface area contributed by atoms with Crippen molar-refractivity contribution < 1.29 is 13.9 Å². The van der Waals surface area contributed by atoms with Crippen molar-refractivity contribution in [2.24, 2.45) is 10.9 Å². The van der Waals surface area contributed by atoms with E-state index >= 15 is 0 Å². The van der Waals surface area contributed by atoms with Crippen LogP contribution < -0.4 is 4.74 Å². The van der Waals surface area contributed by atoms with Crippen LogP contribution >= 0.6 is 11.8 Å². The van der Waals surface area contributed by atoms with Gasteiger partial charge in [0, 0.05) is 30.4 Å². The summed E-state index contributed by atoms with van der Waals surface area (Å²) in [6.07, 6.45) is 6.06. The second-order valence-electron chi connectivity index (χ2n) is 10.1. The van der Waals surface area contributed by atoms with E-state index < -0.39 is 0 Å². The highest BCUT2D eigenvalue weighted by molar-refractivity contribution is 8.18. The minimum atomic E-state index is -0.275. The van der Waals surface area contributed by atoms with E-state index in [9.17, 15) is 9.18 Å². The molecule has 0 unspecified atom stereocenters. The number of nitrogens with zero attached hydrogens (tertiary/aromatic N) is 4. The molecule has 8 heteroatoms. The zero-order chi connectivity index (χ0) is 27.5. The van der Waals surface area contributed by atoms with E-state index in [1.165, 1.54) is 23.9 Å². The molecule has 0 N–H and O–H groups in total. The number of piperidine rings is 1. The van der Waals surface area contributed by atoms with E-state index in [2.05, 4.69) is 16.8 Å². The monoisotopic (exact) mass is 552 g/mol. The first-order valence-electron chi connectivity index (χ1n) is 13.4. The van der Waals surface area contributed by atoms with Crippen LogP contribution in [-0.4, -0.2) is 38.8 Å². The predicted molar refractivity (Wildman–Crippen MR) is 158 cm³/mol. The number of carbonyl (C=O) groups is 1. The van der Waals surface area contributed by atoms with Crippen LogP contribution in [0.15, 0.2) is 95.0 Å². The molecule has 2 aliphatic rings. The van der Waals surface area contributed by atoms with Gasteiger partial charge in [0.2, 0.25) is 0 Å². The standard InChI is InChI=1S/C32H29FN4O2S/c1-22-14-16-36(17-15-22)32-34-31(38)29(40-32)19-25-20-37(27-7-3-2-4-8-27)35-30(25)24-6-5-9-28(18-24)39-21-23-10-12-26(33)13-11-23/h2-13,18-20,22H,14-17,21H2,1H3/b29-19-. The molecule has 3 heterocycles. The zero-order valence-electron chi connectivity index (χ0n) is 22.2. The summed E-state index contributed by atoms with van der Waals surface area (Å²) in [6, 6.07) is 23.9. The topological polar surface area (TPSA) is 59.7 Å². The molecule has 3 aromatic carbocycles. The SMILES string of the molecule is CC1CCN(C2=NC(=O)/C(=C/c3cn(-c4ccccc4)nc3-c3cccc(OCc4ccc(F)cc4)c3)S2)CC1. The summed E-state index contributed by atoms with van der Waals surface area (Å²) >= 11 is 1.44. The molecule has 6 nitrogen and oxygen atoms in total. The average Bonchev–Trinajstić information content (AvgIpc) is 3.57. The third-order valence-electron chi connectivity index (χ3n) is 7.14. The van der Waals surface area contributed by atoms with Gasteiger partial charge >= 0.3 is 0 Å². The van der Waals surface area contributed by atoms with Crippen LogP contribution in [-0.2, 0) is 11.4 Å². The highest BCUT2D eigenvalue weighted by Crippen LogP contribution is 2.35. The normalized spacial score (nSPS) is 16.9. The van der Waals surface area contributed by atoms with E-state index in [0.717, 1.165) is 59.2 Å². The summed E-state index contributed by atoms with van der Waals surface area (Å²) in [5, 5.41) is 5.70. The van der Waals surface area contributed by atoms with Gasteiger partial charge in [-0.25, -0.2) is 9.07 Å². The molecule has 1 saturated heterocycles. The maximum Gasteiger partial charge on any atom is 0.286 e. The van der Waals surface area contributed by atoms with Crippen LogP contribution in [0.5, 0.6) is 5.75 Å². The fourth-order valence-electron chi connectivity index (χ4n) is 4.79. The van der Waals surface area contributed by atoms with Gasteiger partial charge < -0.3 is 9.64 Å². The fraction of sp³-hybridized carbons (Fsp3) is 0.219. The molecule has 0 bridgehead atoms. The maximum absolute atomic E-state index is 13.3. The van der Waals surface area contributed by atoms with Crippen molar-refractivity contribution in [3.63, 3.8) is 0 Å². The van der Waals surface area contributed by atoms with E-state index in [-0.39, 0.29) is 11.7 Å². The Labute approximate surface area is 237 Å². The van der Waals surface area contributed by atoms with E-state index in [0.29, 0.717) is 23.2 Å². The van der Waals surface area contributed by atoms with Gasteiger partial charge in [-0.15, -0.1) is 0 Å². The molecular formula is C32H29FN4O2S. The molecule has 0 radical (unpaired) electrons. The lowest BCUT2D eigenvalue weighted by Crippen LogP contribution is -2.35. The molecule has 0 atom stereocenters. The lowest BCUT2D eigenvalue weighted by atomic mass is 10.00. The lowest BCUT2D eigenvalue weighted by molar-refractivity contribution is -0.113. The number of halogens is 1. The summed E-state index contributed by atoms with van der Waals surface area (Å²) in [4.78, 5) is 20.1. The third kappa shape index (κ3) is 5.87. The van der Waals surface area contributed by atoms with Crippen molar-refractivity contribution in [2.45, 2.75) is 26.4 Å². The lowest BCUT2D eigenvalue weighted by Gasteiger charge is -2.30. The molecule has 1 aromatic heterocycles. The van der Waals surface area contributed by atoms with Gasteiger partial charge in [0.1, 0.15) is 23.9 Å². The number of thioether (sulfide) groups is 1. The van der Waals surface area contributed by atoms with Crippen molar-refractivity contribution in [3.8, 4) is 22.7 Å². The van der Waals surface area contributed by atoms with Crippen molar-refractivity contribution in [1.82, 2.24) is 14.7 Å². The van der Waals surface area contributed by atoms with Crippen LogP contribution in [0.3, 0.4) is 0 Å².